The van der Waals surface area contributed by atoms with Crippen molar-refractivity contribution in [2.75, 3.05) is 23.5 Å². The second-order valence-corrected chi connectivity index (χ2v) is 14.4. The normalized spacial score (nSPS) is 10.3. The quantitative estimate of drug-likeness (QED) is 0.114. The van der Waals surface area contributed by atoms with Gasteiger partial charge < -0.3 is 28.8 Å². The summed E-state index contributed by atoms with van der Waals surface area (Å²) in [5.41, 5.74) is 13.9. The van der Waals surface area contributed by atoms with Crippen molar-refractivity contribution in [3.05, 3.63) is 107 Å². The van der Waals surface area contributed by atoms with Crippen molar-refractivity contribution < 1.29 is 32.7 Å². The number of hydrogen-bond acceptors (Lipinski definition) is 18. The van der Waals surface area contributed by atoms with Crippen LogP contribution in [0.4, 0.5) is 29.5 Å². The molecule has 0 atom stereocenters. The van der Waals surface area contributed by atoms with Gasteiger partial charge in [0.25, 0.3) is 5.35 Å². The topological polar surface area (TPSA) is 230 Å². The summed E-state index contributed by atoms with van der Waals surface area (Å²) in [5.74, 6) is -0.321. The molecule has 5 N–H and O–H groups in total. The summed E-state index contributed by atoms with van der Waals surface area (Å²) in [4.78, 5) is 46.2. The largest absolute Gasteiger partial charge is 0.477 e. The molecule has 23 heteroatoms. The second kappa shape index (κ2) is 19.6. The van der Waals surface area contributed by atoms with Crippen molar-refractivity contribution in [2.45, 2.75) is 7.43 Å². The molecule has 3 aromatic carbocycles. The second-order valence-electron chi connectivity index (χ2n) is 10.4. The van der Waals surface area contributed by atoms with E-state index in [-0.39, 0.29) is 35.3 Å². The Morgan fingerprint density at radius 2 is 1.25 bits per heavy atom. The summed E-state index contributed by atoms with van der Waals surface area (Å²) in [5, 5.41) is 18.5. The maximum Gasteiger partial charge on any atom is 0.351 e. The van der Waals surface area contributed by atoms with Gasteiger partial charge in [-0.1, -0.05) is 42.2 Å². The van der Waals surface area contributed by atoms with E-state index in [9.17, 15) is 9.59 Å². The number of halogens is 4. The van der Waals surface area contributed by atoms with Gasteiger partial charge in [-0.3, -0.25) is 10.6 Å². The lowest BCUT2D eigenvalue weighted by Crippen LogP contribution is -2.01. The van der Waals surface area contributed by atoms with Gasteiger partial charge in [0.05, 0.1) is 23.6 Å². The van der Waals surface area contributed by atoms with E-state index in [1.165, 1.54) is 40.8 Å². The smallest absolute Gasteiger partial charge is 0.351 e. The van der Waals surface area contributed by atoms with E-state index in [1.54, 1.807) is 60.1 Å². The van der Waals surface area contributed by atoms with E-state index in [1.807, 2.05) is 5.38 Å². The number of hydrogen-bond donors (Lipinski definition) is 4. The number of thiazole rings is 3. The lowest BCUT2D eigenvalue weighted by atomic mass is 10.3. The molecule has 9 aromatic rings. The number of anilines is 5. The highest BCUT2D eigenvalue weighted by Gasteiger charge is 2.16. The van der Waals surface area contributed by atoms with E-state index in [4.69, 9.17) is 70.5 Å². The third-order valence-electron chi connectivity index (χ3n) is 6.64. The SMILES string of the molecule is C.COC(=O)c1scnc1N.Clc1ccc2oc(Cl)nc2c1.Clc1ccc2oc(Nc3cscn3)nc2c1.O=C(O)c1scnc1Nc1nc2cc(Cl)ccc2o1. The Kier molecular flexibility index (Phi) is 14.6. The van der Waals surface area contributed by atoms with Gasteiger partial charge >= 0.3 is 24.0 Å². The number of nitrogens with two attached hydrogens (primary N) is 1. The highest BCUT2D eigenvalue weighted by atomic mass is 35.5. The summed E-state index contributed by atoms with van der Waals surface area (Å²) >= 11 is 26.6. The van der Waals surface area contributed by atoms with Gasteiger partial charge in [-0.05, 0) is 66.2 Å². The monoisotopic (exact) mass is 907 g/mol. The Balaban J connectivity index is 0.000000149. The van der Waals surface area contributed by atoms with Gasteiger partial charge in [-0.25, -0.2) is 24.5 Å². The van der Waals surface area contributed by atoms with Crippen LogP contribution >= 0.6 is 80.4 Å². The summed E-state index contributed by atoms with van der Waals surface area (Å²) < 4.78 is 20.3. The zero-order chi connectivity index (χ0) is 39.8. The molecular formula is C34H25Cl4N9O7S3. The van der Waals surface area contributed by atoms with Crippen LogP contribution in [0.25, 0.3) is 33.3 Å². The number of fused-ring (bicyclic) bond motifs is 3. The average Bonchev–Trinajstić information content (AvgIpc) is 4.02. The molecule has 0 spiro atoms. The molecule has 0 aliphatic rings. The van der Waals surface area contributed by atoms with Crippen molar-refractivity contribution in [3.8, 4) is 0 Å². The Hall–Kier alpha value is -5.54. The number of carbonyl (C=O) groups excluding carboxylic acids is 1. The minimum absolute atomic E-state index is 0. The van der Waals surface area contributed by atoms with E-state index >= 15 is 0 Å². The molecular weight excluding hydrogens is 884 g/mol. The van der Waals surface area contributed by atoms with Crippen LogP contribution < -0.4 is 16.4 Å². The van der Waals surface area contributed by atoms with Crippen LogP contribution in [-0.2, 0) is 4.74 Å². The van der Waals surface area contributed by atoms with Crippen molar-refractivity contribution in [1.29, 1.82) is 0 Å². The maximum absolute atomic E-state index is 11.0. The number of rotatable bonds is 6. The molecule has 6 aromatic heterocycles. The molecule has 0 fully saturated rings. The maximum atomic E-state index is 11.0. The first-order chi connectivity index (χ1) is 26.9. The number of carboxylic acids is 1. The molecule has 6 heterocycles. The first-order valence-electron chi connectivity index (χ1n) is 15.2. The summed E-state index contributed by atoms with van der Waals surface area (Å²) in [6, 6.07) is 16.1. The predicted molar refractivity (Wildman–Crippen MR) is 224 cm³/mol. The lowest BCUT2D eigenvalue weighted by molar-refractivity contribution is 0.0606. The van der Waals surface area contributed by atoms with Crippen LogP contribution in [-0.4, -0.2) is 54.1 Å². The molecule has 294 valence electrons. The molecule has 0 radical (unpaired) electrons. The number of oxazole rings is 3. The minimum atomic E-state index is -1.05. The molecule has 0 aliphatic carbocycles. The van der Waals surface area contributed by atoms with E-state index in [0.29, 0.717) is 53.7 Å². The lowest BCUT2D eigenvalue weighted by Gasteiger charge is -1.97. The zero-order valence-corrected chi connectivity index (χ0v) is 33.4. The zero-order valence-electron chi connectivity index (χ0n) is 27.9. The number of esters is 1. The van der Waals surface area contributed by atoms with Gasteiger partial charge in [0.1, 0.15) is 28.2 Å². The molecule has 16 nitrogen and oxygen atoms in total. The van der Waals surface area contributed by atoms with Crippen molar-refractivity contribution in [2.24, 2.45) is 0 Å². The minimum Gasteiger partial charge on any atom is -0.477 e. The fourth-order valence-electron chi connectivity index (χ4n) is 4.25. The van der Waals surface area contributed by atoms with Gasteiger partial charge in [-0.2, -0.15) is 15.0 Å². The highest BCUT2D eigenvalue weighted by molar-refractivity contribution is 7.12. The summed E-state index contributed by atoms with van der Waals surface area (Å²) in [6.07, 6.45) is 0. The van der Waals surface area contributed by atoms with Crippen LogP contribution in [0.2, 0.25) is 20.4 Å². The third kappa shape index (κ3) is 11.3. The Morgan fingerprint density at radius 1 is 0.719 bits per heavy atom. The molecule has 9 rings (SSSR count). The number of carboxylic acid groups (broad SMARTS) is 1. The van der Waals surface area contributed by atoms with E-state index in [2.05, 4.69) is 45.3 Å². The highest BCUT2D eigenvalue weighted by Crippen LogP contribution is 2.28. The van der Waals surface area contributed by atoms with Crippen LogP contribution in [0.15, 0.2) is 89.8 Å². The van der Waals surface area contributed by atoms with Gasteiger partial charge in [0, 0.05) is 20.4 Å². The fourth-order valence-corrected chi connectivity index (χ4v) is 6.61. The first kappa shape index (κ1) is 42.6. The molecule has 0 saturated carbocycles. The Bertz CT molecular complexity index is 2750. The van der Waals surface area contributed by atoms with Gasteiger partial charge in [-0.15, -0.1) is 34.0 Å². The molecule has 0 aliphatic heterocycles. The molecule has 0 saturated heterocycles. The third-order valence-corrected chi connectivity index (χ3v) is 9.73. The van der Waals surface area contributed by atoms with Crippen molar-refractivity contribution in [1.82, 2.24) is 29.9 Å². The Morgan fingerprint density at radius 3 is 1.75 bits per heavy atom. The molecule has 0 amide bonds. The number of nitrogen functional groups attached to an aromatic ring is 1. The number of nitrogens with one attached hydrogen (secondary N) is 2. The summed E-state index contributed by atoms with van der Waals surface area (Å²) in [7, 11) is 1.31. The number of nitrogens with zero attached hydrogens (tertiary/aromatic N) is 6. The fraction of sp³-hybridized carbons (Fsp3) is 0.0588. The van der Waals surface area contributed by atoms with Crippen LogP contribution in [0.3, 0.4) is 0 Å². The number of methoxy groups -OCH3 is 1. The number of aromatic carboxylic acids is 1. The number of carbonyl (C=O) groups is 2. The molecule has 57 heavy (non-hydrogen) atoms. The number of aromatic nitrogens is 6. The van der Waals surface area contributed by atoms with Crippen LogP contribution in [0, 0.1) is 0 Å². The van der Waals surface area contributed by atoms with E-state index < -0.39 is 11.9 Å². The van der Waals surface area contributed by atoms with Crippen LogP contribution in [0.5, 0.6) is 0 Å². The molecule has 0 unspecified atom stereocenters. The summed E-state index contributed by atoms with van der Waals surface area (Å²) in [6.45, 7) is 0. The predicted octanol–water partition coefficient (Wildman–Crippen LogP) is 11.3. The van der Waals surface area contributed by atoms with Crippen LogP contribution in [0.1, 0.15) is 26.8 Å². The number of ether oxygens (including phenoxy) is 1. The van der Waals surface area contributed by atoms with Crippen molar-refractivity contribution >= 4 is 155 Å². The van der Waals surface area contributed by atoms with Crippen molar-refractivity contribution in [3.63, 3.8) is 0 Å². The standard InChI is InChI=1S/C11H6ClN3O3S.C10H6ClN3OS.C7H3Cl2NO.C5H6N2O2S.CH4/c12-5-1-2-7-6(3-5)14-11(18-7)15-9-8(10(16)17)19-4-13-9;11-6-1-2-8-7(3-6)13-10(15-8)14-9-4-16-5-12-9;8-4-1-2-6-5(3-4)10-7(9)11-6;1-9-5(8)3-4(6)7-2-10-3;/h1-4H,(H,14,15)(H,16,17);1-5H,(H,13,14);1-3H;2H,6H2,1H3;1H4. The Labute approximate surface area is 353 Å². The number of benzene rings is 3. The first-order valence-corrected chi connectivity index (χ1v) is 19.4. The average molecular weight is 910 g/mol. The van der Waals surface area contributed by atoms with E-state index in [0.717, 1.165) is 22.7 Å². The van der Waals surface area contributed by atoms with Gasteiger partial charge in [0.15, 0.2) is 32.3 Å². The molecule has 0 bridgehead atoms. The van der Waals surface area contributed by atoms with Gasteiger partial charge in [0.2, 0.25) is 0 Å².